The van der Waals surface area contributed by atoms with Crippen LogP contribution in [-0.4, -0.2) is 75.0 Å². The summed E-state index contributed by atoms with van der Waals surface area (Å²) in [5.74, 6) is 0.904. The second kappa shape index (κ2) is 13.0. The zero-order valence-electron chi connectivity index (χ0n) is 17.7. The van der Waals surface area contributed by atoms with E-state index in [9.17, 15) is 4.79 Å². The van der Waals surface area contributed by atoms with Crippen molar-refractivity contribution in [2.75, 3.05) is 47.3 Å². The van der Waals surface area contributed by atoms with Crippen LogP contribution in [0.1, 0.15) is 42.1 Å². The van der Waals surface area contributed by atoms with Crippen molar-refractivity contribution in [1.29, 1.82) is 0 Å². The van der Waals surface area contributed by atoms with Crippen LogP contribution in [0.5, 0.6) is 0 Å². The van der Waals surface area contributed by atoms with Crippen LogP contribution in [0, 0.1) is 0 Å². The summed E-state index contributed by atoms with van der Waals surface area (Å²) in [5, 5.41) is 6.95. The molecule has 0 bridgehead atoms. The molecule has 1 amide bonds. The molecule has 1 heterocycles. The van der Waals surface area contributed by atoms with Crippen molar-refractivity contribution in [3.05, 3.63) is 35.4 Å². The number of piperidine rings is 1. The Labute approximate surface area is 187 Å². The average Bonchev–Trinajstić information content (AvgIpc) is 2.68. The fourth-order valence-electron chi connectivity index (χ4n) is 3.45. The molecule has 1 aliphatic rings. The zero-order valence-corrected chi connectivity index (χ0v) is 20.0. The van der Waals surface area contributed by atoms with Gasteiger partial charge in [-0.3, -0.25) is 9.79 Å². The second-order valence-electron chi connectivity index (χ2n) is 7.41. The monoisotopic (exact) mass is 501 g/mol. The van der Waals surface area contributed by atoms with Gasteiger partial charge in [0.15, 0.2) is 5.96 Å². The Morgan fingerprint density at radius 3 is 2.61 bits per heavy atom. The van der Waals surface area contributed by atoms with Gasteiger partial charge < -0.3 is 20.4 Å². The first kappa shape index (κ1) is 24.7. The van der Waals surface area contributed by atoms with Crippen molar-refractivity contribution in [1.82, 2.24) is 20.4 Å². The lowest BCUT2D eigenvalue weighted by molar-refractivity contribution is 0.0827. The number of hydrogen-bond acceptors (Lipinski definition) is 3. The fraction of sp³-hybridized carbons (Fsp3) is 0.619. The predicted octanol–water partition coefficient (Wildman–Crippen LogP) is 2.59. The number of benzene rings is 1. The van der Waals surface area contributed by atoms with E-state index in [1.165, 1.54) is 13.0 Å². The molecule has 1 aromatic carbocycles. The molecule has 1 saturated heterocycles. The van der Waals surface area contributed by atoms with Crippen molar-refractivity contribution in [3.63, 3.8) is 0 Å². The van der Waals surface area contributed by atoms with Gasteiger partial charge in [-0.25, -0.2) is 0 Å². The Balaban J connectivity index is 0.00000392. The number of aliphatic imine (C=N–C) groups is 1. The number of likely N-dealkylation sites (tertiary alicyclic amines) is 1. The molecule has 7 heteroatoms. The maximum absolute atomic E-state index is 12.1. The van der Waals surface area contributed by atoms with Gasteiger partial charge in [0, 0.05) is 52.4 Å². The largest absolute Gasteiger partial charge is 0.356 e. The smallest absolute Gasteiger partial charge is 0.253 e. The van der Waals surface area contributed by atoms with Gasteiger partial charge in [-0.05, 0) is 49.9 Å². The van der Waals surface area contributed by atoms with Crippen LogP contribution in [0.15, 0.2) is 29.3 Å². The maximum Gasteiger partial charge on any atom is 0.253 e. The Morgan fingerprint density at radius 2 is 2.00 bits per heavy atom. The predicted molar refractivity (Wildman–Crippen MR) is 128 cm³/mol. The molecule has 0 aliphatic carbocycles. The highest BCUT2D eigenvalue weighted by Crippen LogP contribution is 2.11. The van der Waals surface area contributed by atoms with E-state index >= 15 is 0 Å². The molecular formula is C21H36IN5O. The topological polar surface area (TPSA) is 60.0 Å². The normalized spacial score (nSPS) is 15.6. The summed E-state index contributed by atoms with van der Waals surface area (Å²) >= 11 is 0. The summed E-state index contributed by atoms with van der Waals surface area (Å²) in [6.45, 7) is 6.55. The molecule has 0 saturated carbocycles. The highest BCUT2D eigenvalue weighted by molar-refractivity contribution is 14.0. The highest BCUT2D eigenvalue weighted by atomic mass is 127. The van der Waals surface area contributed by atoms with Gasteiger partial charge in [0.05, 0.1) is 0 Å². The van der Waals surface area contributed by atoms with E-state index in [1.807, 2.05) is 25.2 Å². The van der Waals surface area contributed by atoms with E-state index in [-0.39, 0.29) is 29.9 Å². The number of hydrogen-bond donors (Lipinski definition) is 2. The first-order chi connectivity index (χ1) is 13.0. The zero-order chi connectivity index (χ0) is 19.6. The summed E-state index contributed by atoms with van der Waals surface area (Å²) < 4.78 is 0. The molecule has 2 rings (SSSR count). The van der Waals surface area contributed by atoms with Gasteiger partial charge in [-0.15, -0.1) is 24.0 Å². The van der Waals surface area contributed by atoms with Crippen molar-refractivity contribution in [3.8, 4) is 0 Å². The molecule has 2 N–H and O–H groups in total. The Kier molecular flexibility index (Phi) is 11.4. The van der Waals surface area contributed by atoms with E-state index in [4.69, 9.17) is 0 Å². The van der Waals surface area contributed by atoms with Gasteiger partial charge in [0.25, 0.3) is 5.91 Å². The molecule has 158 valence electrons. The molecule has 1 aromatic rings. The lowest BCUT2D eigenvalue weighted by atomic mass is 10.1. The molecule has 0 aromatic heterocycles. The average molecular weight is 501 g/mol. The maximum atomic E-state index is 12.1. The lowest BCUT2D eigenvalue weighted by Crippen LogP contribution is -2.49. The van der Waals surface area contributed by atoms with Crippen LogP contribution in [0.3, 0.4) is 0 Å². The number of carbonyl (C=O) groups excluding carboxylic acids is 1. The quantitative estimate of drug-likeness (QED) is 0.343. The summed E-state index contributed by atoms with van der Waals surface area (Å²) in [4.78, 5) is 20.6. The third-order valence-corrected chi connectivity index (χ3v) is 4.98. The first-order valence-corrected chi connectivity index (χ1v) is 10.0. The molecule has 0 spiro atoms. The molecular weight excluding hydrogens is 465 g/mol. The standard InChI is InChI=1S/C21H35N5O.HI/c1-5-13-26-14-10-19(11-15-26)24-21(22-2)23-12-9-17-7-6-8-18(16-17)20(27)25(3)4;/h6-8,16,19H,5,9-15H2,1-4H3,(H2,22,23,24);1H. The minimum absolute atomic E-state index is 0. The summed E-state index contributed by atoms with van der Waals surface area (Å²) in [5.41, 5.74) is 1.89. The second-order valence-corrected chi connectivity index (χ2v) is 7.41. The van der Waals surface area contributed by atoms with E-state index in [2.05, 4.69) is 33.5 Å². The van der Waals surface area contributed by atoms with Crippen LogP contribution in [0.4, 0.5) is 0 Å². The number of amides is 1. The van der Waals surface area contributed by atoms with Gasteiger partial charge in [-0.1, -0.05) is 19.1 Å². The molecule has 0 unspecified atom stereocenters. The van der Waals surface area contributed by atoms with Crippen molar-refractivity contribution in [2.45, 2.75) is 38.6 Å². The third kappa shape index (κ3) is 7.95. The van der Waals surface area contributed by atoms with Crippen LogP contribution in [0.2, 0.25) is 0 Å². The lowest BCUT2D eigenvalue weighted by Gasteiger charge is -2.32. The summed E-state index contributed by atoms with van der Waals surface area (Å²) in [6.07, 6.45) is 4.40. The van der Waals surface area contributed by atoms with Gasteiger partial charge in [0.1, 0.15) is 0 Å². The Bertz CT molecular complexity index is 627. The summed E-state index contributed by atoms with van der Waals surface area (Å²) in [7, 11) is 5.37. The molecule has 1 fully saturated rings. The van der Waals surface area contributed by atoms with E-state index in [0.29, 0.717) is 6.04 Å². The van der Waals surface area contributed by atoms with Gasteiger partial charge in [-0.2, -0.15) is 0 Å². The number of nitrogens with zero attached hydrogens (tertiary/aromatic N) is 3. The molecule has 1 aliphatic heterocycles. The van der Waals surface area contributed by atoms with Crippen molar-refractivity contribution >= 4 is 35.8 Å². The number of nitrogens with one attached hydrogen (secondary N) is 2. The number of rotatable bonds is 7. The van der Waals surface area contributed by atoms with Crippen LogP contribution < -0.4 is 10.6 Å². The van der Waals surface area contributed by atoms with Crippen molar-refractivity contribution < 1.29 is 4.79 Å². The van der Waals surface area contributed by atoms with E-state index in [1.54, 1.807) is 19.0 Å². The van der Waals surface area contributed by atoms with Crippen LogP contribution in [-0.2, 0) is 6.42 Å². The van der Waals surface area contributed by atoms with Gasteiger partial charge in [0.2, 0.25) is 0 Å². The molecule has 0 atom stereocenters. The van der Waals surface area contributed by atoms with Gasteiger partial charge >= 0.3 is 0 Å². The van der Waals surface area contributed by atoms with Crippen molar-refractivity contribution in [2.24, 2.45) is 4.99 Å². The molecule has 28 heavy (non-hydrogen) atoms. The van der Waals surface area contributed by atoms with Crippen LogP contribution >= 0.6 is 24.0 Å². The molecule has 6 nitrogen and oxygen atoms in total. The van der Waals surface area contributed by atoms with Crippen LogP contribution in [0.25, 0.3) is 0 Å². The minimum atomic E-state index is 0. The Morgan fingerprint density at radius 1 is 1.29 bits per heavy atom. The number of halogens is 1. The number of carbonyl (C=O) groups is 1. The molecule has 0 radical (unpaired) electrons. The van der Waals surface area contributed by atoms with E-state index < -0.39 is 0 Å². The fourth-order valence-corrected chi connectivity index (χ4v) is 3.45. The first-order valence-electron chi connectivity index (χ1n) is 10.0. The summed E-state index contributed by atoms with van der Waals surface area (Å²) in [6, 6.07) is 8.34. The third-order valence-electron chi connectivity index (χ3n) is 4.98. The minimum Gasteiger partial charge on any atom is -0.356 e. The SMILES string of the molecule is CCCN1CCC(NC(=NC)NCCc2cccc(C(=O)N(C)C)c2)CC1.I. The highest BCUT2D eigenvalue weighted by Gasteiger charge is 2.19. The number of guanidine groups is 1. The Hall–Kier alpha value is -1.35. The van der Waals surface area contributed by atoms with E-state index in [0.717, 1.165) is 56.0 Å².